The lowest BCUT2D eigenvalue weighted by atomic mass is 10.1. The Morgan fingerprint density at radius 3 is 2.50 bits per heavy atom. The average Bonchev–Trinajstić information content (AvgIpc) is 2.60. The van der Waals surface area contributed by atoms with Crippen molar-refractivity contribution in [2.75, 3.05) is 25.4 Å². The van der Waals surface area contributed by atoms with E-state index in [1.807, 2.05) is 0 Å². The first kappa shape index (κ1) is 15.4. The van der Waals surface area contributed by atoms with Crippen LogP contribution in [0.5, 0.6) is 0 Å². The standard InChI is InChI=1S/C12H23NO4S/c1-12(2,3)18(16,17)7-6-13-5-4-10(9-13)8-11(14)15/h10H,4-9H2,1-3H3,(H,14,15). The first-order chi connectivity index (χ1) is 8.12. The van der Waals surface area contributed by atoms with Crippen molar-refractivity contribution in [3.05, 3.63) is 0 Å². The number of rotatable bonds is 5. The van der Waals surface area contributed by atoms with Crippen LogP contribution in [-0.4, -0.2) is 54.5 Å². The van der Waals surface area contributed by atoms with E-state index >= 15 is 0 Å². The van der Waals surface area contributed by atoms with Gasteiger partial charge in [-0.3, -0.25) is 4.79 Å². The third kappa shape index (κ3) is 4.24. The molecular formula is C12H23NO4S. The smallest absolute Gasteiger partial charge is 0.303 e. The molecule has 0 radical (unpaired) electrons. The van der Waals surface area contributed by atoms with Gasteiger partial charge in [-0.1, -0.05) is 0 Å². The normalized spacial score (nSPS) is 22.3. The number of aliphatic carboxylic acids is 1. The molecule has 1 N–H and O–H groups in total. The molecule has 1 aliphatic rings. The zero-order valence-electron chi connectivity index (χ0n) is 11.3. The maximum Gasteiger partial charge on any atom is 0.303 e. The molecule has 1 rings (SSSR count). The fourth-order valence-corrected chi connectivity index (χ4v) is 3.20. The fraction of sp³-hybridized carbons (Fsp3) is 0.917. The average molecular weight is 277 g/mol. The Hall–Kier alpha value is -0.620. The van der Waals surface area contributed by atoms with E-state index in [4.69, 9.17) is 5.11 Å². The minimum Gasteiger partial charge on any atom is -0.481 e. The minimum atomic E-state index is -3.08. The summed E-state index contributed by atoms with van der Waals surface area (Å²) in [5, 5.41) is 8.71. The molecule has 1 atom stereocenters. The molecule has 18 heavy (non-hydrogen) atoms. The summed E-state index contributed by atoms with van der Waals surface area (Å²) in [6.45, 7) is 7.14. The van der Waals surface area contributed by atoms with Crippen LogP contribution in [0.1, 0.15) is 33.6 Å². The Morgan fingerprint density at radius 1 is 1.39 bits per heavy atom. The number of carbonyl (C=O) groups is 1. The van der Waals surface area contributed by atoms with Gasteiger partial charge < -0.3 is 10.0 Å². The maximum atomic E-state index is 11.9. The number of carboxylic acid groups (broad SMARTS) is 1. The van der Waals surface area contributed by atoms with Crippen molar-refractivity contribution < 1.29 is 18.3 Å². The Kier molecular flexibility index (Phi) is 4.78. The third-order valence-corrected chi connectivity index (χ3v) is 6.03. The van der Waals surface area contributed by atoms with E-state index in [1.54, 1.807) is 20.8 Å². The molecule has 0 spiro atoms. The van der Waals surface area contributed by atoms with Gasteiger partial charge in [-0.15, -0.1) is 0 Å². The molecule has 6 heteroatoms. The number of likely N-dealkylation sites (tertiary alicyclic amines) is 1. The summed E-state index contributed by atoms with van der Waals surface area (Å²) in [6.07, 6.45) is 1.03. The molecule has 0 bridgehead atoms. The molecule has 0 saturated carbocycles. The molecule has 0 aromatic heterocycles. The number of nitrogens with zero attached hydrogens (tertiary/aromatic N) is 1. The monoisotopic (exact) mass is 277 g/mol. The van der Waals surface area contributed by atoms with Crippen molar-refractivity contribution in [1.29, 1.82) is 0 Å². The Labute approximate surface area is 109 Å². The largest absolute Gasteiger partial charge is 0.481 e. The van der Waals surface area contributed by atoms with Gasteiger partial charge in [-0.25, -0.2) is 8.42 Å². The van der Waals surface area contributed by atoms with Crippen LogP contribution in [0.3, 0.4) is 0 Å². The van der Waals surface area contributed by atoms with E-state index in [-0.39, 0.29) is 18.1 Å². The van der Waals surface area contributed by atoms with Gasteiger partial charge in [-0.05, 0) is 39.7 Å². The fourth-order valence-electron chi connectivity index (χ4n) is 2.08. The maximum absolute atomic E-state index is 11.9. The van der Waals surface area contributed by atoms with Crippen molar-refractivity contribution in [2.45, 2.75) is 38.4 Å². The van der Waals surface area contributed by atoms with Gasteiger partial charge in [0.2, 0.25) is 0 Å². The van der Waals surface area contributed by atoms with E-state index in [0.717, 1.165) is 13.0 Å². The topological polar surface area (TPSA) is 74.7 Å². The highest BCUT2D eigenvalue weighted by atomic mass is 32.2. The summed E-state index contributed by atoms with van der Waals surface area (Å²) >= 11 is 0. The van der Waals surface area contributed by atoms with Gasteiger partial charge in [0.15, 0.2) is 9.84 Å². The van der Waals surface area contributed by atoms with Gasteiger partial charge in [0.05, 0.1) is 10.5 Å². The van der Waals surface area contributed by atoms with Gasteiger partial charge >= 0.3 is 5.97 Å². The SMILES string of the molecule is CC(C)(C)S(=O)(=O)CCN1CCC(CC(=O)O)C1. The Morgan fingerprint density at radius 2 is 2.00 bits per heavy atom. The molecule has 1 aliphatic heterocycles. The van der Waals surface area contributed by atoms with Crippen LogP contribution >= 0.6 is 0 Å². The molecule has 0 aromatic carbocycles. The second-order valence-electron chi connectivity index (χ2n) is 5.98. The van der Waals surface area contributed by atoms with E-state index in [2.05, 4.69) is 4.90 Å². The molecular weight excluding hydrogens is 254 g/mol. The first-order valence-electron chi connectivity index (χ1n) is 6.28. The lowest BCUT2D eigenvalue weighted by Crippen LogP contribution is -2.36. The molecule has 106 valence electrons. The minimum absolute atomic E-state index is 0.149. The van der Waals surface area contributed by atoms with Crippen molar-refractivity contribution in [3.63, 3.8) is 0 Å². The van der Waals surface area contributed by atoms with Crippen molar-refractivity contribution >= 4 is 15.8 Å². The van der Waals surface area contributed by atoms with Gasteiger partial charge in [-0.2, -0.15) is 0 Å². The van der Waals surface area contributed by atoms with Crippen molar-refractivity contribution in [1.82, 2.24) is 4.90 Å². The van der Waals surface area contributed by atoms with E-state index in [1.165, 1.54) is 0 Å². The molecule has 1 fully saturated rings. The molecule has 0 amide bonds. The molecule has 0 aromatic rings. The number of hydrogen-bond acceptors (Lipinski definition) is 4. The van der Waals surface area contributed by atoms with E-state index in [0.29, 0.717) is 13.1 Å². The zero-order valence-corrected chi connectivity index (χ0v) is 12.2. The summed E-state index contributed by atoms with van der Waals surface area (Å²) in [7, 11) is -3.08. The predicted molar refractivity (Wildman–Crippen MR) is 70.3 cm³/mol. The van der Waals surface area contributed by atoms with Crippen LogP contribution in [-0.2, 0) is 14.6 Å². The van der Waals surface area contributed by atoms with Crippen LogP contribution in [0.4, 0.5) is 0 Å². The van der Waals surface area contributed by atoms with Gasteiger partial charge in [0.25, 0.3) is 0 Å². The van der Waals surface area contributed by atoms with E-state index in [9.17, 15) is 13.2 Å². The van der Waals surface area contributed by atoms with Gasteiger partial charge in [0, 0.05) is 19.5 Å². The summed E-state index contributed by atoms with van der Waals surface area (Å²) < 4.78 is 23.2. The van der Waals surface area contributed by atoms with Crippen LogP contribution in [0.2, 0.25) is 0 Å². The summed E-state index contributed by atoms with van der Waals surface area (Å²) in [5.74, 6) is -0.458. The number of carboxylic acids is 1. The lowest BCUT2D eigenvalue weighted by molar-refractivity contribution is -0.138. The third-order valence-electron chi connectivity index (χ3n) is 3.44. The molecule has 1 unspecified atom stereocenters. The Bertz CT molecular complexity index is 397. The Balaban J connectivity index is 2.41. The van der Waals surface area contributed by atoms with Crippen LogP contribution in [0.15, 0.2) is 0 Å². The van der Waals surface area contributed by atoms with Crippen LogP contribution in [0, 0.1) is 5.92 Å². The summed E-state index contributed by atoms with van der Waals surface area (Å²) in [6, 6.07) is 0. The lowest BCUT2D eigenvalue weighted by Gasteiger charge is -2.22. The van der Waals surface area contributed by atoms with Crippen LogP contribution < -0.4 is 0 Å². The van der Waals surface area contributed by atoms with E-state index < -0.39 is 20.6 Å². The number of hydrogen-bond donors (Lipinski definition) is 1. The van der Waals surface area contributed by atoms with Crippen molar-refractivity contribution in [3.8, 4) is 0 Å². The van der Waals surface area contributed by atoms with Crippen molar-refractivity contribution in [2.24, 2.45) is 5.92 Å². The zero-order chi connectivity index (χ0) is 14.0. The van der Waals surface area contributed by atoms with Crippen LogP contribution in [0.25, 0.3) is 0 Å². The molecule has 0 aliphatic carbocycles. The second-order valence-corrected chi connectivity index (χ2v) is 8.85. The molecule has 1 saturated heterocycles. The molecule has 1 heterocycles. The second kappa shape index (κ2) is 5.57. The number of sulfone groups is 1. The quantitative estimate of drug-likeness (QED) is 0.811. The molecule has 5 nitrogen and oxygen atoms in total. The first-order valence-corrected chi connectivity index (χ1v) is 7.93. The van der Waals surface area contributed by atoms with Gasteiger partial charge in [0.1, 0.15) is 0 Å². The summed E-state index contributed by atoms with van der Waals surface area (Å²) in [5.41, 5.74) is 0. The highest BCUT2D eigenvalue weighted by molar-refractivity contribution is 7.92. The summed E-state index contributed by atoms with van der Waals surface area (Å²) in [4.78, 5) is 12.6. The predicted octanol–water partition coefficient (Wildman–Crippen LogP) is 0.996. The highest BCUT2D eigenvalue weighted by Crippen LogP contribution is 2.21. The highest BCUT2D eigenvalue weighted by Gasteiger charge is 2.31.